The molecule has 0 aliphatic carbocycles. The smallest absolute Gasteiger partial charge is 0.251 e. The van der Waals surface area contributed by atoms with Crippen LogP contribution in [0.3, 0.4) is 0 Å². The van der Waals surface area contributed by atoms with Crippen molar-refractivity contribution < 1.29 is 9.59 Å². The Morgan fingerprint density at radius 1 is 1.18 bits per heavy atom. The summed E-state index contributed by atoms with van der Waals surface area (Å²) in [7, 11) is 0. The van der Waals surface area contributed by atoms with Crippen LogP contribution >= 0.6 is 22.9 Å². The lowest BCUT2D eigenvalue weighted by Crippen LogP contribution is -2.34. The van der Waals surface area contributed by atoms with Crippen molar-refractivity contribution in [2.24, 2.45) is 0 Å². The van der Waals surface area contributed by atoms with Gasteiger partial charge < -0.3 is 10.2 Å². The van der Waals surface area contributed by atoms with E-state index >= 15 is 0 Å². The molecule has 2 amide bonds. The molecule has 3 aromatic rings. The summed E-state index contributed by atoms with van der Waals surface area (Å²) in [5.41, 5.74) is 1.52. The molecule has 1 aliphatic heterocycles. The molecule has 0 bridgehead atoms. The summed E-state index contributed by atoms with van der Waals surface area (Å²) >= 11 is 7.50. The first-order valence-electron chi connectivity index (χ1n) is 9.30. The molecule has 0 radical (unpaired) electrons. The maximum Gasteiger partial charge on any atom is 0.251 e. The van der Waals surface area contributed by atoms with Gasteiger partial charge in [-0.3, -0.25) is 9.59 Å². The first-order chi connectivity index (χ1) is 13.6. The topological polar surface area (TPSA) is 62.3 Å². The number of rotatable bonds is 5. The molecule has 1 aliphatic rings. The van der Waals surface area contributed by atoms with Crippen molar-refractivity contribution >= 4 is 45.0 Å². The van der Waals surface area contributed by atoms with Crippen LogP contribution in [-0.4, -0.2) is 34.8 Å². The first kappa shape index (κ1) is 18.9. The van der Waals surface area contributed by atoms with Crippen LogP contribution in [0.1, 0.15) is 40.7 Å². The van der Waals surface area contributed by atoms with Gasteiger partial charge in [-0.2, -0.15) is 0 Å². The number of carbonyl (C=O) groups is 2. The monoisotopic (exact) mass is 413 g/mol. The summed E-state index contributed by atoms with van der Waals surface area (Å²) in [5, 5.41) is 4.39. The van der Waals surface area contributed by atoms with Gasteiger partial charge in [0.1, 0.15) is 5.01 Å². The number of thiazole rings is 1. The zero-order valence-electron chi connectivity index (χ0n) is 15.2. The number of amides is 2. The van der Waals surface area contributed by atoms with E-state index in [1.54, 1.807) is 35.6 Å². The molecule has 5 nitrogen and oxygen atoms in total. The van der Waals surface area contributed by atoms with Gasteiger partial charge in [0, 0.05) is 30.1 Å². The molecule has 1 unspecified atom stereocenters. The summed E-state index contributed by atoms with van der Waals surface area (Å²) < 4.78 is 1.15. The fourth-order valence-electron chi connectivity index (χ4n) is 3.48. The number of carbonyl (C=O) groups excluding carboxylic acids is 2. The van der Waals surface area contributed by atoms with Crippen molar-refractivity contribution in [2.45, 2.75) is 25.3 Å². The average molecular weight is 414 g/mol. The minimum absolute atomic E-state index is 0.0388. The number of aromatic nitrogens is 1. The van der Waals surface area contributed by atoms with E-state index in [-0.39, 0.29) is 24.3 Å². The molecule has 0 spiro atoms. The van der Waals surface area contributed by atoms with Crippen LogP contribution in [0.5, 0.6) is 0 Å². The third-order valence-corrected chi connectivity index (χ3v) is 6.29. The number of halogens is 1. The quantitative estimate of drug-likeness (QED) is 0.672. The zero-order chi connectivity index (χ0) is 19.5. The van der Waals surface area contributed by atoms with Gasteiger partial charge in [-0.1, -0.05) is 23.7 Å². The van der Waals surface area contributed by atoms with Gasteiger partial charge in [0.05, 0.1) is 16.3 Å². The van der Waals surface area contributed by atoms with Gasteiger partial charge >= 0.3 is 0 Å². The molecule has 1 N–H and O–H groups in total. The zero-order valence-corrected chi connectivity index (χ0v) is 16.8. The van der Waals surface area contributed by atoms with Gasteiger partial charge in [0.15, 0.2) is 0 Å². The number of nitrogens with one attached hydrogen (secondary N) is 1. The molecule has 2 heterocycles. The van der Waals surface area contributed by atoms with Gasteiger partial charge in [0.2, 0.25) is 5.91 Å². The Hall–Kier alpha value is -2.44. The highest BCUT2D eigenvalue weighted by Gasteiger charge is 2.31. The second-order valence-electron chi connectivity index (χ2n) is 6.78. The average Bonchev–Trinajstić information content (AvgIpc) is 3.35. The summed E-state index contributed by atoms with van der Waals surface area (Å²) in [6, 6.07) is 14.8. The second-order valence-corrected chi connectivity index (χ2v) is 8.28. The third-order valence-electron chi connectivity index (χ3n) is 4.90. The molecule has 7 heteroatoms. The highest BCUT2D eigenvalue weighted by atomic mass is 35.5. The number of fused-ring (bicyclic) bond motifs is 1. The minimum Gasteiger partial charge on any atom is -0.352 e. The van der Waals surface area contributed by atoms with E-state index in [4.69, 9.17) is 16.6 Å². The Balaban J connectivity index is 1.35. The van der Waals surface area contributed by atoms with Crippen molar-refractivity contribution in [3.05, 3.63) is 64.1 Å². The van der Waals surface area contributed by atoms with E-state index in [2.05, 4.69) is 11.4 Å². The Kier molecular flexibility index (Phi) is 5.59. The van der Waals surface area contributed by atoms with Crippen molar-refractivity contribution in [1.29, 1.82) is 0 Å². The summed E-state index contributed by atoms with van der Waals surface area (Å²) in [5.74, 6) is -0.147. The van der Waals surface area contributed by atoms with Crippen molar-refractivity contribution in [1.82, 2.24) is 15.2 Å². The van der Waals surface area contributed by atoms with Gasteiger partial charge in [-0.15, -0.1) is 11.3 Å². The van der Waals surface area contributed by atoms with Crippen LogP contribution < -0.4 is 5.32 Å². The number of hydrogen-bond donors (Lipinski definition) is 1. The summed E-state index contributed by atoms with van der Waals surface area (Å²) in [6.45, 7) is 1.05. The van der Waals surface area contributed by atoms with Crippen molar-refractivity contribution in [2.75, 3.05) is 13.1 Å². The molecule has 1 atom stereocenters. The first-order valence-corrected chi connectivity index (χ1v) is 10.5. The van der Waals surface area contributed by atoms with Crippen LogP contribution in [0.4, 0.5) is 0 Å². The third kappa shape index (κ3) is 4.03. The number of benzene rings is 2. The van der Waals surface area contributed by atoms with E-state index in [1.165, 1.54) is 0 Å². The molecule has 1 aromatic heterocycles. The van der Waals surface area contributed by atoms with Gasteiger partial charge in [-0.05, 0) is 49.2 Å². The Morgan fingerprint density at radius 2 is 1.96 bits per heavy atom. The Morgan fingerprint density at radius 3 is 2.75 bits per heavy atom. The van der Waals surface area contributed by atoms with Crippen LogP contribution in [0.15, 0.2) is 48.5 Å². The molecule has 1 saturated heterocycles. The lowest BCUT2D eigenvalue weighted by atomic mass is 10.2. The Bertz CT molecular complexity index is 969. The lowest BCUT2D eigenvalue weighted by Gasteiger charge is -2.23. The van der Waals surface area contributed by atoms with Crippen molar-refractivity contribution in [3.8, 4) is 0 Å². The van der Waals surface area contributed by atoms with Crippen LogP contribution in [0.25, 0.3) is 10.2 Å². The number of hydrogen-bond acceptors (Lipinski definition) is 4. The highest BCUT2D eigenvalue weighted by Crippen LogP contribution is 2.36. The minimum atomic E-state index is -0.200. The van der Waals surface area contributed by atoms with Crippen LogP contribution in [-0.2, 0) is 4.79 Å². The summed E-state index contributed by atoms with van der Waals surface area (Å²) in [6.07, 6.45) is 2.19. The molecular weight excluding hydrogens is 394 g/mol. The maximum absolute atomic E-state index is 12.7. The van der Waals surface area contributed by atoms with E-state index < -0.39 is 0 Å². The largest absolute Gasteiger partial charge is 0.352 e. The SMILES string of the molecule is O=C(NCCC(=O)N1CCCC1c1nc2ccccc2s1)c1ccc(Cl)cc1. The maximum atomic E-state index is 12.7. The normalized spacial score (nSPS) is 16.5. The van der Waals surface area contributed by atoms with Gasteiger partial charge in [0.25, 0.3) is 5.91 Å². The molecule has 144 valence electrons. The standard InChI is InChI=1S/C21H20ClN3O2S/c22-15-9-7-14(8-10-15)20(27)23-12-11-19(26)25-13-3-5-17(25)21-24-16-4-1-2-6-18(16)28-21/h1-2,4,6-10,17H,3,5,11-13H2,(H,23,27). The highest BCUT2D eigenvalue weighted by molar-refractivity contribution is 7.18. The van der Waals surface area contributed by atoms with E-state index in [0.717, 1.165) is 34.6 Å². The Labute approximate surface area is 172 Å². The van der Waals surface area contributed by atoms with E-state index in [0.29, 0.717) is 17.1 Å². The van der Waals surface area contributed by atoms with Crippen LogP contribution in [0.2, 0.25) is 5.02 Å². The molecule has 4 rings (SSSR count). The number of nitrogens with zero attached hydrogens (tertiary/aromatic N) is 2. The molecule has 28 heavy (non-hydrogen) atoms. The summed E-state index contributed by atoms with van der Waals surface area (Å²) in [4.78, 5) is 31.5. The molecule has 2 aromatic carbocycles. The number of para-hydroxylation sites is 1. The number of likely N-dealkylation sites (tertiary alicyclic amines) is 1. The van der Waals surface area contributed by atoms with Crippen LogP contribution in [0, 0.1) is 0 Å². The molecular formula is C21H20ClN3O2S. The molecule has 1 fully saturated rings. The van der Waals surface area contributed by atoms with Crippen molar-refractivity contribution in [3.63, 3.8) is 0 Å². The lowest BCUT2D eigenvalue weighted by molar-refractivity contribution is -0.132. The van der Waals surface area contributed by atoms with Gasteiger partial charge in [-0.25, -0.2) is 4.98 Å². The fraction of sp³-hybridized carbons (Fsp3) is 0.286. The van der Waals surface area contributed by atoms with E-state index in [9.17, 15) is 9.59 Å². The molecule has 0 saturated carbocycles. The van der Waals surface area contributed by atoms with E-state index in [1.807, 2.05) is 23.1 Å². The fourth-order valence-corrected chi connectivity index (χ4v) is 4.73. The predicted molar refractivity (Wildman–Crippen MR) is 112 cm³/mol. The predicted octanol–water partition coefficient (Wildman–Crippen LogP) is 4.43. The second kappa shape index (κ2) is 8.29.